The molecule has 0 aliphatic heterocycles. The number of H-pyrrole nitrogens is 1. The van der Waals surface area contributed by atoms with E-state index in [2.05, 4.69) is 14.9 Å². The Hall–Kier alpha value is -2.09. The second-order valence-electron chi connectivity index (χ2n) is 4.19. The van der Waals surface area contributed by atoms with Crippen molar-refractivity contribution >= 4 is 21.5 Å². The third kappa shape index (κ3) is 2.68. The molecule has 1 heterocycles. The van der Waals surface area contributed by atoms with E-state index in [1.165, 1.54) is 19.1 Å². The number of benzene rings is 1. The van der Waals surface area contributed by atoms with Crippen molar-refractivity contribution in [2.75, 3.05) is 10.5 Å². The average Bonchev–Trinajstić information content (AvgIpc) is 2.70. The molecule has 0 spiro atoms. The number of halogens is 1. The van der Waals surface area contributed by atoms with Crippen LogP contribution in [0, 0.1) is 19.7 Å². The summed E-state index contributed by atoms with van der Waals surface area (Å²) in [4.78, 5) is -0.107. The minimum absolute atomic E-state index is 0.107. The van der Waals surface area contributed by atoms with Crippen LogP contribution in [0.3, 0.4) is 0 Å². The quantitative estimate of drug-likeness (QED) is 0.744. The third-order valence-electron chi connectivity index (χ3n) is 2.51. The topological polar surface area (TPSA) is 101 Å². The standard InChI is InChI=1S/C11H13FN4O2S/c1-6-3-8(5-9(13)11(6)12)19(17,18)16-10-4-7(2)14-15-10/h3-5H,13H2,1-2H3,(H2,14,15,16). The van der Waals surface area contributed by atoms with Gasteiger partial charge in [-0.15, -0.1) is 0 Å². The Morgan fingerprint density at radius 2 is 2.00 bits per heavy atom. The molecule has 0 amide bonds. The van der Waals surface area contributed by atoms with E-state index in [0.29, 0.717) is 5.69 Å². The highest BCUT2D eigenvalue weighted by atomic mass is 32.2. The number of nitrogens with zero attached hydrogens (tertiary/aromatic N) is 1. The van der Waals surface area contributed by atoms with Gasteiger partial charge in [-0.1, -0.05) is 0 Å². The number of sulfonamides is 1. The molecule has 1 aromatic carbocycles. The van der Waals surface area contributed by atoms with Crippen molar-refractivity contribution in [2.45, 2.75) is 18.7 Å². The highest BCUT2D eigenvalue weighted by molar-refractivity contribution is 7.92. The van der Waals surface area contributed by atoms with Gasteiger partial charge in [0.05, 0.1) is 10.6 Å². The SMILES string of the molecule is Cc1cc(NS(=O)(=O)c2cc(C)c(F)c(N)c2)n[nH]1. The fourth-order valence-electron chi connectivity index (χ4n) is 1.58. The molecule has 0 aliphatic rings. The van der Waals surface area contributed by atoms with Crippen LogP contribution in [0.15, 0.2) is 23.1 Å². The molecule has 0 aliphatic carbocycles. The van der Waals surface area contributed by atoms with Gasteiger partial charge in [0, 0.05) is 11.8 Å². The van der Waals surface area contributed by atoms with E-state index in [9.17, 15) is 12.8 Å². The highest BCUT2D eigenvalue weighted by Gasteiger charge is 2.18. The van der Waals surface area contributed by atoms with Gasteiger partial charge >= 0.3 is 0 Å². The summed E-state index contributed by atoms with van der Waals surface area (Å²) in [6, 6.07) is 3.83. The summed E-state index contributed by atoms with van der Waals surface area (Å²) in [6.45, 7) is 3.19. The Bertz CT molecular complexity index is 701. The molecule has 0 radical (unpaired) electrons. The molecule has 1 aromatic heterocycles. The van der Waals surface area contributed by atoms with Crippen LogP contribution in [-0.4, -0.2) is 18.6 Å². The van der Waals surface area contributed by atoms with Gasteiger partial charge in [0.15, 0.2) is 5.82 Å². The van der Waals surface area contributed by atoms with Gasteiger partial charge < -0.3 is 5.73 Å². The van der Waals surface area contributed by atoms with E-state index >= 15 is 0 Å². The molecule has 0 atom stereocenters. The lowest BCUT2D eigenvalue weighted by Gasteiger charge is -2.08. The van der Waals surface area contributed by atoms with E-state index in [1.54, 1.807) is 6.92 Å². The van der Waals surface area contributed by atoms with Gasteiger partial charge in [-0.2, -0.15) is 5.10 Å². The minimum atomic E-state index is -3.84. The molecule has 0 saturated heterocycles. The number of hydrogen-bond acceptors (Lipinski definition) is 4. The van der Waals surface area contributed by atoms with Crippen molar-refractivity contribution in [2.24, 2.45) is 0 Å². The summed E-state index contributed by atoms with van der Waals surface area (Å²) >= 11 is 0. The molecule has 2 aromatic rings. The normalized spacial score (nSPS) is 11.5. The Balaban J connectivity index is 2.40. The highest BCUT2D eigenvalue weighted by Crippen LogP contribution is 2.22. The lowest BCUT2D eigenvalue weighted by Crippen LogP contribution is -2.14. The van der Waals surface area contributed by atoms with Crippen LogP contribution in [0.4, 0.5) is 15.9 Å². The maximum absolute atomic E-state index is 13.4. The van der Waals surface area contributed by atoms with Gasteiger partial charge in [-0.05, 0) is 31.5 Å². The summed E-state index contributed by atoms with van der Waals surface area (Å²) in [5, 5.41) is 6.38. The van der Waals surface area contributed by atoms with E-state index in [0.717, 1.165) is 6.07 Å². The molecule has 0 bridgehead atoms. The zero-order valence-corrected chi connectivity index (χ0v) is 11.2. The number of aromatic amines is 1. The van der Waals surface area contributed by atoms with Gasteiger partial charge in [0.1, 0.15) is 5.82 Å². The first-order valence-electron chi connectivity index (χ1n) is 5.40. The molecule has 8 heteroatoms. The first-order chi connectivity index (χ1) is 8.79. The molecule has 102 valence electrons. The number of hydrogen-bond donors (Lipinski definition) is 3. The Labute approximate surface area is 109 Å². The summed E-state index contributed by atoms with van der Waals surface area (Å²) < 4.78 is 39.8. The zero-order valence-electron chi connectivity index (χ0n) is 10.4. The smallest absolute Gasteiger partial charge is 0.263 e. The number of aromatic nitrogens is 2. The van der Waals surface area contributed by atoms with Crippen LogP contribution >= 0.6 is 0 Å². The van der Waals surface area contributed by atoms with Crippen LogP contribution < -0.4 is 10.5 Å². The van der Waals surface area contributed by atoms with Gasteiger partial charge in [-0.3, -0.25) is 9.82 Å². The van der Waals surface area contributed by atoms with E-state index in [4.69, 9.17) is 5.73 Å². The number of nitrogen functional groups attached to an aromatic ring is 1. The van der Waals surface area contributed by atoms with E-state index in [1.807, 2.05) is 0 Å². The van der Waals surface area contributed by atoms with Crippen molar-refractivity contribution in [3.05, 3.63) is 35.3 Å². The van der Waals surface area contributed by atoms with Crippen LogP contribution in [-0.2, 0) is 10.0 Å². The number of nitrogens with two attached hydrogens (primary N) is 1. The van der Waals surface area contributed by atoms with Crippen LogP contribution in [0.5, 0.6) is 0 Å². The van der Waals surface area contributed by atoms with Crippen molar-refractivity contribution in [1.82, 2.24) is 10.2 Å². The summed E-state index contributed by atoms with van der Waals surface area (Å²) in [6.07, 6.45) is 0. The number of nitrogens with one attached hydrogen (secondary N) is 2. The van der Waals surface area contributed by atoms with Crippen LogP contribution in [0.2, 0.25) is 0 Å². The molecule has 6 nitrogen and oxygen atoms in total. The predicted octanol–water partition coefficient (Wildman–Crippen LogP) is 1.55. The largest absolute Gasteiger partial charge is 0.396 e. The lowest BCUT2D eigenvalue weighted by atomic mass is 10.2. The van der Waals surface area contributed by atoms with E-state index in [-0.39, 0.29) is 22.0 Å². The van der Waals surface area contributed by atoms with Crippen LogP contribution in [0.25, 0.3) is 0 Å². The first-order valence-corrected chi connectivity index (χ1v) is 6.88. The summed E-state index contributed by atoms with van der Waals surface area (Å²) in [5.74, 6) is -0.451. The second kappa shape index (κ2) is 4.54. The molecule has 4 N–H and O–H groups in total. The van der Waals surface area contributed by atoms with Gasteiger partial charge in [0.2, 0.25) is 0 Å². The maximum Gasteiger partial charge on any atom is 0.263 e. The fraction of sp³-hybridized carbons (Fsp3) is 0.182. The first kappa shape index (κ1) is 13.3. The molecular weight excluding hydrogens is 271 g/mol. The summed E-state index contributed by atoms with van der Waals surface area (Å²) in [5.41, 5.74) is 6.10. The number of anilines is 2. The predicted molar refractivity (Wildman–Crippen MR) is 69.7 cm³/mol. The number of rotatable bonds is 3. The zero-order chi connectivity index (χ0) is 14.2. The van der Waals surface area contributed by atoms with Gasteiger partial charge in [-0.25, -0.2) is 12.8 Å². The molecular formula is C11H13FN4O2S. The Morgan fingerprint density at radius 3 is 2.53 bits per heavy atom. The Morgan fingerprint density at radius 1 is 1.32 bits per heavy atom. The molecule has 0 unspecified atom stereocenters. The van der Waals surface area contributed by atoms with E-state index < -0.39 is 15.8 Å². The molecule has 0 fully saturated rings. The summed E-state index contributed by atoms with van der Waals surface area (Å²) in [7, 11) is -3.84. The maximum atomic E-state index is 13.4. The number of aryl methyl sites for hydroxylation is 2. The molecule has 0 saturated carbocycles. The fourth-order valence-corrected chi connectivity index (χ4v) is 2.70. The monoisotopic (exact) mass is 284 g/mol. The molecule has 2 rings (SSSR count). The van der Waals surface area contributed by atoms with Crippen LogP contribution in [0.1, 0.15) is 11.3 Å². The third-order valence-corrected chi connectivity index (χ3v) is 3.85. The van der Waals surface area contributed by atoms with Crippen molar-refractivity contribution in [3.63, 3.8) is 0 Å². The Kier molecular flexibility index (Phi) is 3.19. The molecule has 19 heavy (non-hydrogen) atoms. The second-order valence-corrected chi connectivity index (χ2v) is 5.87. The lowest BCUT2D eigenvalue weighted by molar-refractivity contribution is 0.599. The van der Waals surface area contributed by atoms with Crippen molar-refractivity contribution in [3.8, 4) is 0 Å². The van der Waals surface area contributed by atoms with Crippen molar-refractivity contribution in [1.29, 1.82) is 0 Å². The van der Waals surface area contributed by atoms with Crippen molar-refractivity contribution < 1.29 is 12.8 Å². The minimum Gasteiger partial charge on any atom is -0.396 e. The van der Waals surface area contributed by atoms with Gasteiger partial charge in [0.25, 0.3) is 10.0 Å². The average molecular weight is 284 g/mol.